The third-order valence-corrected chi connectivity index (χ3v) is 4.11. The minimum Gasteiger partial charge on any atom is -0.463 e. The van der Waals surface area contributed by atoms with Gasteiger partial charge in [-0.1, -0.05) is 19.0 Å². The van der Waals surface area contributed by atoms with Gasteiger partial charge in [-0.2, -0.15) is 0 Å². The molecule has 0 aliphatic heterocycles. The molecule has 0 spiro atoms. The highest BCUT2D eigenvalue weighted by Crippen LogP contribution is 2.30. The van der Waals surface area contributed by atoms with Crippen LogP contribution in [0.4, 0.5) is 0 Å². The zero-order valence-electron chi connectivity index (χ0n) is 16.2. The van der Waals surface area contributed by atoms with Crippen LogP contribution in [0.5, 0.6) is 0 Å². The first-order valence-electron chi connectivity index (χ1n) is 8.94. The lowest BCUT2D eigenvalue weighted by molar-refractivity contribution is 0.0955. The number of nitrogens with zero attached hydrogens (tertiary/aromatic N) is 2. The molecular formula is C19H25ClN4O4. The van der Waals surface area contributed by atoms with E-state index < -0.39 is 0 Å². The molecule has 1 amide bonds. The van der Waals surface area contributed by atoms with Crippen LogP contribution < -0.4 is 10.6 Å². The smallest absolute Gasteiger partial charge is 0.259 e. The van der Waals surface area contributed by atoms with Gasteiger partial charge in [0.05, 0.1) is 29.5 Å². The second-order valence-corrected chi connectivity index (χ2v) is 6.43. The molecule has 0 aliphatic rings. The molecule has 0 unspecified atom stereocenters. The SMILES string of the molecule is COCCNCCNC(=O)c1cc(-c2ccco2)nc2onc(C(C)C)c12.Cl. The Labute approximate surface area is 169 Å². The molecule has 0 atom stereocenters. The maximum absolute atomic E-state index is 12.9. The van der Waals surface area contributed by atoms with E-state index in [-0.39, 0.29) is 24.2 Å². The molecule has 0 bridgehead atoms. The Bertz CT molecular complexity index is 893. The predicted octanol–water partition coefficient (Wildman–Crippen LogP) is 2.99. The van der Waals surface area contributed by atoms with Gasteiger partial charge in [-0.3, -0.25) is 4.79 Å². The fourth-order valence-corrected chi connectivity index (χ4v) is 2.76. The average Bonchev–Trinajstić information content (AvgIpc) is 3.33. The van der Waals surface area contributed by atoms with Crippen LogP contribution >= 0.6 is 12.4 Å². The standard InChI is InChI=1S/C19H24N4O4.ClH/c1-12(2)17-16-13(18(24)21-7-6-20-8-10-25-3)11-14(15-5-4-9-26-15)22-19(16)27-23-17;/h4-5,9,11-12,20H,6-8,10H2,1-3H3,(H,21,24);1H. The highest BCUT2D eigenvalue weighted by molar-refractivity contribution is 6.07. The van der Waals surface area contributed by atoms with Gasteiger partial charge >= 0.3 is 0 Å². The van der Waals surface area contributed by atoms with E-state index in [0.717, 1.165) is 6.54 Å². The Morgan fingerprint density at radius 2 is 2.11 bits per heavy atom. The van der Waals surface area contributed by atoms with Gasteiger partial charge in [0.1, 0.15) is 5.69 Å². The molecule has 3 rings (SSSR count). The molecule has 0 radical (unpaired) electrons. The van der Waals surface area contributed by atoms with Crippen LogP contribution in [0.3, 0.4) is 0 Å². The second-order valence-electron chi connectivity index (χ2n) is 6.43. The molecule has 152 valence electrons. The summed E-state index contributed by atoms with van der Waals surface area (Å²) in [6, 6.07) is 5.28. The maximum Gasteiger partial charge on any atom is 0.259 e. The quantitative estimate of drug-likeness (QED) is 0.524. The van der Waals surface area contributed by atoms with Crippen LogP contribution in [0.1, 0.15) is 35.8 Å². The average molecular weight is 409 g/mol. The number of halogens is 1. The van der Waals surface area contributed by atoms with Crippen molar-refractivity contribution in [1.29, 1.82) is 0 Å². The van der Waals surface area contributed by atoms with Gasteiger partial charge in [0.2, 0.25) is 0 Å². The summed E-state index contributed by atoms with van der Waals surface area (Å²) in [5.41, 5.74) is 2.05. The summed E-state index contributed by atoms with van der Waals surface area (Å²) in [5, 5.41) is 10.9. The van der Waals surface area contributed by atoms with Crippen molar-refractivity contribution in [2.75, 3.05) is 33.4 Å². The Kier molecular flexibility index (Phi) is 7.98. The monoisotopic (exact) mass is 408 g/mol. The number of carbonyl (C=O) groups excluding carboxylic acids is 1. The number of carbonyl (C=O) groups is 1. The van der Waals surface area contributed by atoms with Crippen molar-refractivity contribution in [3.8, 4) is 11.5 Å². The van der Waals surface area contributed by atoms with Gasteiger partial charge in [-0.05, 0) is 24.1 Å². The molecule has 3 aromatic heterocycles. The van der Waals surface area contributed by atoms with E-state index in [1.165, 1.54) is 0 Å². The topological polar surface area (TPSA) is 102 Å². The minimum atomic E-state index is -0.200. The zero-order valence-corrected chi connectivity index (χ0v) is 17.0. The Morgan fingerprint density at radius 1 is 1.29 bits per heavy atom. The summed E-state index contributed by atoms with van der Waals surface area (Å²) in [5.74, 6) is 0.466. The zero-order chi connectivity index (χ0) is 19.2. The van der Waals surface area contributed by atoms with Crippen LogP contribution in [-0.2, 0) is 4.74 Å². The first-order chi connectivity index (χ1) is 13.1. The predicted molar refractivity (Wildman–Crippen MR) is 108 cm³/mol. The summed E-state index contributed by atoms with van der Waals surface area (Å²) in [6.07, 6.45) is 1.56. The minimum absolute atomic E-state index is 0. The molecule has 8 nitrogen and oxygen atoms in total. The van der Waals surface area contributed by atoms with Gasteiger partial charge < -0.3 is 24.3 Å². The maximum atomic E-state index is 12.9. The van der Waals surface area contributed by atoms with Gasteiger partial charge in [0.15, 0.2) is 5.76 Å². The Hall–Kier alpha value is -2.42. The molecular weight excluding hydrogens is 384 g/mol. The number of aromatic nitrogens is 2. The molecule has 2 N–H and O–H groups in total. The van der Waals surface area contributed by atoms with E-state index in [9.17, 15) is 4.79 Å². The number of nitrogens with one attached hydrogen (secondary N) is 2. The molecule has 9 heteroatoms. The van der Waals surface area contributed by atoms with Crippen LogP contribution in [0.2, 0.25) is 0 Å². The number of hydrogen-bond donors (Lipinski definition) is 2. The highest BCUT2D eigenvalue weighted by Gasteiger charge is 2.22. The summed E-state index contributed by atoms with van der Waals surface area (Å²) >= 11 is 0. The second kappa shape index (κ2) is 10.2. The summed E-state index contributed by atoms with van der Waals surface area (Å²) in [4.78, 5) is 17.3. The van der Waals surface area contributed by atoms with E-state index in [2.05, 4.69) is 20.8 Å². The van der Waals surface area contributed by atoms with Crippen LogP contribution in [0, 0.1) is 0 Å². The lowest BCUT2D eigenvalue weighted by atomic mass is 10.0. The van der Waals surface area contributed by atoms with Crippen molar-refractivity contribution >= 4 is 29.4 Å². The van der Waals surface area contributed by atoms with Crippen LogP contribution in [0.15, 0.2) is 33.4 Å². The summed E-state index contributed by atoms with van der Waals surface area (Å²) in [6.45, 7) is 6.50. The lowest BCUT2D eigenvalue weighted by Crippen LogP contribution is -2.33. The number of furan rings is 1. The third-order valence-electron chi connectivity index (χ3n) is 4.11. The van der Waals surface area contributed by atoms with Crippen LogP contribution in [0.25, 0.3) is 22.6 Å². The number of amides is 1. The first-order valence-corrected chi connectivity index (χ1v) is 8.94. The van der Waals surface area contributed by atoms with E-state index in [0.29, 0.717) is 53.5 Å². The molecule has 0 saturated heterocycles. The molecule has 3 aromatic rings. The largest absolute Gasteiger partial charge is 0.463 e. The van der Waals surface area contributed by atoms with Crippen molar-refractivity contribution in [2.45, 2.75) is 19.8 Å². The van der Waals surface area contributed by atoms with Crippen molar-refractivity contribution in [1.82, 2.24) is 20.8 Å². The molecule has 3 heterocycles. The molecule has 0 aliphatic carbocycles. The first kappa shape index (κ1) is 21.9. The highest BCUT2D eigenvalue weighted by atomic mass is 35.5. The molecule has 28 heavy (non-hydrogen) atoms. The van der Waals surface area contributed by atoms with E-state index in [4.69, 9.17) is 13.7 Å². The van der Waals surface area contributed by atoms with E-state index >= 15 is 0 Å². The Balaban J connectivity index is 0.00000280. The fourth-order valence-electron chi connectivity index (χ4n) is 2.76. The van der Waals surface area contributed by atoms with E-state index in [1.54, 1.807) is 31.6 Å². The normalized spacial score (nSPS) is 11.0. The third kappa shape index (κ3) is 4.89. The van der Waals surface area contributed by atoms with E-state index in [1.807, 2.05) is 13.8 Å². The van der Waals surface area contributed by atoms with Crippen molar-refractivity contribution in [2.24, 2.45) is 0 Å². The number of ether oxygens (including phenoxy) is 1. The van der Waals surface area contributed by atoms with Gasteiger partial charge in [0, 0.05) is 26.7 Å². The Morgan fingerprint density at radius 3 is 2.79 bits per heavy atom. The number of hydrogen-bond acceptors (Lipinski definition) is 7. The van der Waals surface area contributed by atoms with Gasteiger partial charge in [-0.15, -0.1) is 12.4 Å². The molecule has 0 aromatic carbocycles. The number of fused-ring (bicyclic) bond motifs is 1. The van der Waals surface area contributed by atoms with Crippen molar-refractivity contribution in [3.05, 3.63) is 35.7 Å². The summed E-state index contributed by atoms with van der Waals surface area (Å²) < 4.78 is 15.8. The van der Waals surface area contributed by atoms with Crippen molar-refractivity contribution < 1.29 is 18.5 Å². The number of pyridine rings is 1. The fraction of sp³-hybridized carbons (Fsp3) is 0.421. The molecule has 0 saturated carbocycles. The molecule has 0 fully saturated rings. The number of rotatable bonds is 9. The van der Waals surface area contributed by atoms with Crippen molar-refractivity contribution in [3.63, 3.8) is 0 Å². The van der Waals surface area contributed by atoms with Crippen LogP contribution in [-0.4, -0.2) is 49.4 Å². The van der Waals surface area contributed by atoms with Gasteiger partial charge in [-0.25, -0.2) is 4.98 Å². The van der Waals surface area contributed by atoms with Gasteiger partial charge in [0.25, 0.3) is 11.6 Å². The number of methoxy groups -OCH3 is 1. The summed E-state index contributed by atoms with van der Waals surface area (Å²) in [7, 11) is 1.65. The lowest BCUT2D eigenvalue weighted by Gasteiger charge is -2.09.